The summed E-state index contributed by atoms with van der Waals surface area (Å²) in [6.07, 6.45) is 0.430. The van der Waals surface area contributed by atoms with Crippen LogP contribution in [0.1, 0.15) is 11.1 Å². The highest BCUT2D eigenvalue weighted by Crippen LogP contribution is 2.31. The number of aryl methyl sites for hydroxylation is 2. The topological polar surface area (TPSA) is 0 Å². The molecule has 0 aliphatic heterocycles. The van der Waals surface area contributed by atoms with Crippen LogP contribution in [0.5, 0.6) is 0 Å². The largest absolute Gasteiger partial charge is 0.441 e. The lowest BCUT2D eigenvalue weighted by Crippen LogP contribution is -2.02. The van der Waals surface area contributed by atoms with Crippen molar-refractivity contribution in [2.24, 2.45) is 0 Å². The van der Waals surface area contributed by atoms with E-state index in [1.54, 1.807) is 11.8 Å². The first-order valence-electron chi connectivity index (χ1n) is 6.46. The van der Waals surface area contributed by atoms with Gasteiger partial charge in [-0.3, -0.25) is 0 Å². The Morgan fingerprint density at radius 1 is 0.857 bits per heavy atom. The average Bonchev–Trinajstić information content (AvgIpc) is 2.42. The molecule has 5 heteroatoms. The van der Waals surface area contributed by atoms with E-state index in [0.717, 1.165) is 15.4 Å². The van der Waals surface area contributed by atoms with Gasteiger partial charge in [0.2, 0.25) is 0 Å². The number of benzene rings is 2. The summed E-state index contributed by atoms with van der Waals surface area (Å²) in [5.41, 5.74) is -1.99. The van der Waals surface area contributed by atoms with Crippen molar-refractivity contribution in [3.05, 3.63) is 59.7 Å². The molecule has 0 bridgehead atoms. The van der Waals surface area contributed by atoms with Crippen LogP contribution >= 0.6 is 23.5 Å². The van der Waals surface area contributed by atoms with Crippen LogP contribution in [-0.4, -0.2) is 11.3 Å². The number of hydrogen-bond acceptors (Lipinski definition) is 2. The van der Waals surface area contributed by atoms with E-state index in [1.165, 1.54) is 5.56 Å². The number of thioether (sulfide) groups is 1. The first-order chi connectivity index (χ1) is 9.92. The molecular weight excluding hydrogens is 313 g/mol. The fraction of sp³-hybridized carbons (Fsp3) is 0.250. The van der Waals surface area contributed by atoms with E-state index < -0.39 is 5.51 Å². The van der Waals surface area contributed by atoms with Crippen LogP contribution < -0.4 is 0 Å². The van der Waals surface area contributed by atoms with Gasteiger partial charge in [0.25, 0.3) is 0 Å². The predicted molar refractivity (Wildman–Crippen MR) is 84.0 cm³/mol. The lowest BCUT2D eigenvalue weighted by atomic mass is 10.2. The summed E-state index contributed by atoms with van der Waals surface area (Å²) in [5.74, 6) is 0.0634. The molecule has 0 saturated carbocycles. The van der Waals surface area contributed by atoms with Crippen molar-refractivity contribution in [3.63, 3.8) is 0 Å². The molecule has 0 radical (unpaired) electrons. The Morgan fingerprint density at radius 3 is 1.90 bits per heavy atom. The Balaban J connectivity index is 1.88. The molecule has 0 aliphatic rings. The molecule has 0 fully saturated rings. The smallest absolute Gasteiger partial charge is 0.160 e. The Morgan fingerprint density at radius 2 is 1.38 bits per heavy atom. The highest BCUT2D eigenvalue weighted by molar-refractivity contribution is 8.00. The lowest BCUT2D eigenvalue weighted by Gasteiger charge is -2.06. The number of alkyl halides is 3. The minimum atomic E-state index is -4.14. The Hall–Kier alpha value is -1.07. The molecule has 0 amide bonds. The van der Waals surface area contributed by atoms with Gasteiger partial charge in [-0.1, -0.05) is 53.4 Å². The summed E-state index contributed by atoms with van der Waals surface area (Å²) in [4.78, 5) is 2.24. The Bertz CT molecular complexity index is 560. The van der Waals surface area contributed by atoms with Crippen LogP contribution in [0.25, 0.3) is 0 Å². The highest BCUT2D eigenvalue weighted by Gasteiger charge is 2.27. The zero-order valence-corrected chi connectivity index (χ0v) is 13.1. The van der Waals surface area contributed by atoms with Crippen molar-refractivity contribution in [1.29, 1.82) is 0 Å². The maximum Gasteiger partial charge on any atom is 0.441 e. The number of hydrogen-bond donors (Lipinski definition) is 0. The van der Waals surface area contributed by atoms with Crippen LogP contribution in [0.2, 0.25) is 0 Å². The van der Waals surface area contributed by atoms with Crippen molar-refractivity contribution in [2.45, 2.75) is 28.6 Å². The minimum Gasteiger partial charge on any atom is -0.160 e. The average molecular weight is 328 g/mol. The van der Waals surface area contributed by atoms with Crippen molar-refractivity contribution in [3.8, 4) is 0 Å². The molecule has 2 aromatic carbocycles. The molecule has 0 aromatic heterocycles. The van der Waals surface area contributed by atoms with Gasteiger partial charge in [-0.15, -0.1) is 0 Å². The predicted octanol–water partition coefficient (Wildman–Crippen LogP) is 5.94. The Kier molecular flexibility index (Phi) is 5.65. The first-order valence-corrected chi connectivity index (χ1v) is 8.27. The van der Waals surface area contributed by atoms with Gasteiger partial charge < -0.3 is 0 Å². The van der Waals surface area contributed by atoms with E-state index in [4.69, 9.17) is 0 Å². The normalized spacial score (nSPS) is 11.6. The lowest BCUT2D eigenvalue weighted by molar-refractivity contribution is -0.0327. The fourth-order valence-corrected chi connectivity index (χ4v) is 3.14. The molecule has 2 rings (SSSR count). The monoisotopic (exact) mass is 328 g/mol. The third-order valence-corrected chi connectivity index (χ3v) is 4.59. The molecule has 0 nitrogen and oxygen atoms in total. The molecule has 0 N–H and O–H groups in total. The van der Waals surface area contributed by atoms with Crippen molar-refractivity contribution < 1.29 is 13.2 Å². The van der Waals surface area contributed by atoms with Gasteiger partial charge >= 0.3 is 5.51 Å². The van der Waals surface area contributed by atoms with Gasteiger partial charge in [-0.05, 0) is 43.2 Å². The maximum atomic E-state index is 12.1. The second-order valence-electron chi connectivity index (χ2n) is 4.60. The summed E-state index contributed by atoms with van der Waals surface area (Å²) in [6.45, 7) is 2.04. The van der Waals surface area contributed by atoms with Crippen LogP contribution in [0.15, 0.2) is 58.3 Å². The van der Waals surface area contributed by atoms with E-state index in [1.807, 2.05) is 31.2 Å². The van der Waals surface area contributed by atoms with Crippen molar-refractivity contribution in [1.82, 2.24) is 0 Å². The SMILES string of the molecule is Cc1ccc(Sc2ccc(CCSC(F)(F)F)cc2)cc1. The molecule has 112 valence electrons. The van der Waals surface area contributed by atoms with Crippen LogP contribution in [-0.2, 0) is 6.42 Å². The van der Waals surface area contributed by atoms with Crippen LogP contribution in [0.3, 0.4) is 0 Å². The Labute approximate surface area is 131 Å². The summed E-state index contributed by atoms with van der Waals surface area (Å²) in [6, 6.07) is 16.0. The van der Waals surface area contributed by atoms with E-state index in [-0.39, 0.29) is 17.5 Å². The summed E-state index contributed by atoms with van der Waals surface area (Å²) in [5, 5.41) is 0. The third kappa shape index (κ3) is 6.06. The van der Waals surface area contributed by atoms with Gasteiger partial charge in [0, 0.05) is 15.5 Å². The number of rotatable bonds is 5. The molecular formula is C16H15F3S2. The van der Waals surface area contributed by atoms with Gasteiger partial charge in [0.1, 0.15) is 0 Å². The maximum absolute atomic E-state index is 12.1. The standard InChI is InChI=1S/C16H15F3S2/c1-12-2-6-14(7-3-12)21-15-8-4-13(5-9-15)10-11-20-16(17,18)19/h2-9H,10-11H2,1H3. The summed E-state index contributed by atoms with van der Waals surface area (Å²) in [7, 11) is 0. The molecule has 0 spiro atoms. The second-order valence-corrected chi connectivity index (χ2v) is 6.91. The van der Waals surface area contributed by atoms with Crippen molar-refractivity contribution in [2.75, 3.05) is 5.75 Å². The molecule has 2 aromatic rings. The third-order valence-electron chi connectivity index (χ3n) is 2.84. The zero-order chi connectivity index (χ0) is 15.3. The second kappa shape index (κ2) is 7.27. The highest BCUT2D eigenvalue weighted by atomic mass is 32.2. The van der Waals surface area contributed by atoms with Crippen molar-refractivity contribution >= 4 is 23.5 Å². The van der Waals surface area contributed by atoms with Gasteiger partial charge in [-0.25, -0.2) is 0 Å². The molecule has 0 atom stereocenters. The molecule has 0 unspecified atom stereocenters. The van der Waals surface area contributed by atoms with E-state index >= 15 is 0 Å². The minimum absolute atomic E-state index is 0.0313. The summed E-state index contributed by atoms with van der Waals surface area (Å²) < 4.78 is 36.2. The fourth-order valence-electron chi connectivity index (χ4n) is 1.75. The zero-order valence-electron chi connectivity index (χ0n) is 11.5. The van der Waals surface area contributed by atoms with Gasteiger partial charge in [-0.2, -0.15) is 13.2 Å². The molecule has 0 heterocycles. The number of halogens is 3. The molecule has 0 saturated heterocycles. The van der Waals surface area contributed by atoms with Crippen LogP contribution in [0.4, 0.5) is 13.2 Å². The first kappa shape index (κ1) is 16.3. The van der Waals surface area contributed by atoms with Gasteiger partial charge in [0.15, 0.2) is 0 Å². The molecule has 0 aliphatic carbocycles. The molecule has 21 heavy (non-hydrogen) atoms. The quantitative estimate of drug-likeness (QED) is 0.666. The van der Waals surface area contributed by atoms with E-state index in [2.05, 4.69) is 24.3 Å². The summed E-state index contributed by atoms with van der Waals surface area (Å²) >= 11 is 1.68. The van der Waals surface area contributed by atoms with E-state index in [0.29, 0.717) is 6.42 Å². The van der Waals surface area contributed by atoms with Crippen LogP contribution in [0, 0.1) is 6.92 Å². The van der Waals surface area contributed by atoms with Gasteiger partial charge in [0.05, 0.1) is 0 Å². The van der Waals surface area contributed by atoms with E-state index in [9.17, 15) is 13.2 Å².